The van der Waals surface area contributed by atoms with Crippen LogP contribution >= 0.6 is 11.3 Å². The van der Waals surface area contributed by atoms with Crippen LogP contribution in [0.2, 0.25) is 0 Å². The Balaban J connectivity index is 2.29. The van der Waals surface area contributed by atoms with Gasteiger partial charge < -0.3 is 0 Å². The van der Waals surface area contributed by atoms with Crippen molar-refractivity contribution in [3.63, 3.8) is 0 Å². The van der Waals surface area contributed by atoms with Crippen molar-refractivity contribution < 1.29 is 13.2 Å². The molecule has 0 aliphatic heterocycles. The van der Waals surface area contributed by atoms with Crippen molar-refractivity contribution in [1.29, 1.82) is 0 Å². The molecule has 0 aliphatic carbocycles. The van der Waals surface area contributed by atoms with Crippen molar-refractivity contribution in [3.05, 3.63) is 51.2 Å². The Bertz CT molecular complexity index is 755. The highest BCUT2D eigenvalue weighted by atomic mass is 32.2. The molecule has 0 atom stereocenters. The van der Waals surface area contributed by atoms with E-state index in [-0.39, 0.29) is 10.7 Å². The number of aryl methyl sites for hydroxylation is 3. The Morgan fingerprint density at radius 1 is 1.10 bits per heavy atom. The summed E-state index contributed by atoms with van der Waals surface area (Å²) in [4.78, 5) is 13.8. The van der Waals surface area contributed by atoms with E-state index in [9.17, 15) is 13.2 Å². The second-order valence-corrected chi connectivity index (χ2v) is 8.11. The molecule has 2 rings (SSSR count). The van der Waals surface area contributed by atoms with Crippen LogP contribution in [0.3, 0.4) is 0 Å². The van der Waals surface area contributed by atoms with E-state index >= 15 is 0 Å². The second kappa shape index (κ2) is 5.50. The fourth-order valence-electron chi connectivity index (χ4n) is 2.05. The largest absolute Gasteiger partial charge is 0.292 e. The van der Waals surface area contributed by atoms with Gasteiger partial charge in [0.25, 0.3) is 0 Å². The molecular weight excluding hydrogens is 292 g/mol. The number of carbonyl (C=O) groups is 1. The lowest BCUT2D eigenvalue weighted by Gasteiger charge is -2.07. The van der Waals surface area contributed by atoms with Gasteiger partial charge in [-0.05, 0) is 44.5 Å². The summed E-state index contributed by atoms with van der Waals surface area (Å²) < 4.78 is 24.7. The van der Waals surface area contributed by atoms with E-state index in [1.165, 1.54) is 11.3 Å². The van der Waals surface area contributed by atoms with Gasteiger partial charge in [0.15, 0.2) is 15.6 Å². The molecule has 1 aromatic carbocycles. The maximum absolute atomic E-state index is 12.3. The van der Waals surface area contributed by atoms with Crippen LogP contribution in [0.25, 0.3) is 0 Å². The molecule has 0 bridgehead atoms. The molecule has 0 radical (unpaired) electrons. The number of hydrogen-bond donors (Lipinski definition) is 0. The maximum atomic E-state index is 12.3. The van der Waals surface area contributed by atoms with Crippen molar-refractivity contribution in [2.24, 2.45) is 0 Å². The highest BCUT2D eigenvalue weighted by molar-refractivity contribution is 7.92. The number of sulfone groups is 1. The second-order valence-electron chi connectivity index (χ2n) is 4.86. The molecule has 0 fully saturated rings. The molecule has 1 aromatic heterocycles. The molecule has 3 nitrogen and oxygen atoms in total. The van der Waals surface area contributed by atoms with Crippen molar-refractivity contribution in [3.8, 4) is 0 Å². The van der Waals surface area contributed by atoms with E-state index in [1.807, 2.05) is 26.0 Å². The van der Waals surface area contributed by atoms with E-state index < -0.39 is 15.6 Å². The maximum Gasteiger partial charge on any atom is 0.188 e. The molecule has 0 amide bonds. The first-order valence-corrected chi connectivity index (χ1v) is 8.66. The van der Waals surface area contributed by atoms with Crippen molar-refractivity contribution in [2.75, 3.05) is 5.75 Å². The molecule has 0 unspecified atom stereocenters. The quantitative estimate of drug-likeness (QED) is 0.814. The van der Waals surface area contributed by atoms with E-state index in [1.54, 1.807) is 25.1 Å². The number of ketones is 1. The van der Waals surface area contributed by atoms with Crippen LogP contribution < -0.4 is 0 Å². The van der Waals surface area contributed by atoms with Gasteiger partial charge in [-0.1, -0.05) is 17.7 Å². The summed E-state index contributed by atoms with van der Waals surface area (Å²) in [5.74, 6) is -0.820. The lowest BCUT2D eigenvalue weighted by molar-refractivity contribution is 0.102. The van der Waals surface area contributed by atoms with Crippen LogP contribution in [0.15, 0.2) is 35.2 Å². The van der Waals surface area contributed by atoms with Gasteiger partial charge in [-0.25, -0.2) is 8.42 Å². The van der Waals surface area contributed by atoms with Gasteiger partial charge in [0.05, 0.1) is 9.77 Å². The SMILES string of the molecule is Cc1ccc(S(=O)(=O)CC(=O)c2ccc(C)s2)c(C)c1. The monoisotopic (exact) mass is 308 g/mol. The highest BCUT2D eigenvalue weighted by Gasteiger charge is 2.22. The van der Waals surface area contributed by atoms with Crippen LogP contribution in [0.1, 0.15) is 25.7 Å². The summed E-state index contributed by atoms with van der Waals surface area (Å²) in [5.41, 5.74) is 1.68. The fraction of sp³-hybridized carbons (Fsp3) is 0.267. The van der Waals surface area contributed by atoms with Crippen LogP contribution in [0.4, 0.5) is 0 Å². The third-order valence-electron chi connectivity index (χ3n) is 3.00. The summed E-state index contributed by atoms with van der Waals surface area (Å²) in [6.07, 6.45) is 0. The first kappa shape index (κ1) is 14.9. The van der Waals surface area contributed by atoms with E-state index in [0.717, 1.165) is 10.4 Å². The Hall–Kier alpha value is -1.46. The predicted octanol–water partition coefficient (Wildman–Crippen LogP) is 3.33. The summed E-state index contributed by atoms with van der Waals surface area (Å²) in [7, 11) is -3.59. The van der Waals surface area contributed by atoms with Gasteiger partial charge in [0.1, 0.15) is 5.75 Å². The van der Waals surface area contributed by atoms with Gasteiger partial charge in [-0.2, -0.15) is 0 Å². The minimum Gasteiger partial charge on any atom is -0.292 e. The molecule has 1 heterocycles. The minimum atomic E-state index is -3.59. The lowest BCUT2D eigenvalue weighted by Crippen LogP contribution is -2.16. The number of carbonyl (C=O) groups excluding carboxylic acids is 1. The predicted molar refractivity (Wildman–Crippen MR) is 81.4 cm³/mol. The zero-order valence-electron chi connectivity index (χ0n) is 11.6. The standard InChI is InChI=1S/C15H16O3S2/c1-10-4-7-15(11(2)8-10)20(17,18)9-13(16)14-6-5-12(3)19-14/h4-8H,9H2,1-3H3. The van der Waals surface area contributed by atoms with Gasteiger partial charge in [-0.3, -0.25) is 4.79 Å². The third-order valence-corrected chi connectivity index (χ3v) is 5.81. The zero-order chi connectivity index (χ0) is 14.9. The summed E-state index contributed by atoms with van der Waals surface area (Å²) >= 11 is 1.32. The molecule has 5 heteroatoms. The number of thiophene rings is 1. The number of benzene rings is 1. The molecule has 0 N–H and O–H groups in total. The molecule has 0 spiro atoms. The molecule has 106 valence electrons. The molecular formula is C15H16O3S2. The average Bonchev–Trinajstić information content (AvgIpc) is 2.74. The van der Waals surface area contributed by atoms with Gasteiger partial charge in [-0.15, -0.1) is 11.3 Å². The summed E-state index contributed by atoms with van der Waals surface area (Å²) in [5, 5.41) is 0. The summed E-state index contributed by atoms with van der Waals surface area (Å²) in [6.45, 7) is 5.54. The van der Waals surface area contributed by atoms with Crippen LogP contribution in [0, 0.1) is 20.8 Å². The zero-order valence-corrected chi connectivity index (χ0v) is 13.3. The van der Waals surface area contributed by atoms with Gasteiger partial charge >= 0.3 is 0 Å². The number of rotatable bonds is 4. The van der Waals surface area contributed by atoms with Gasteiger partial charge in [0.2, 0.25) is 0 Å². The number of hydrogen-bond acceptors (Lipinski definition) is 4. The molecule has 0 saturated heterocycles. The topological polar surface area (TPSA) is 51.2 Å². The van der Waals surface area contributed by atoms with E-state index in [2.05, 4.69) is 0 Å². The highest BCUT2D eigenvalue weighted by Crippen LogP contribution is 2.21. The molecule has 0 aliphatic rings. The van der Waals surface area contributed by atoms with Crippen LogP contribution in [0.5, 0.6) is 0 Å². The van der Waals surface area contributed by atoms with E-state index in [4.69, 9.17) is 0 Å². The Morgan fingerprint density at radius 3 is 2.35 bits per heavy atom. The van der Waals surface area contributed by atoms with Gasteiger partial charge in [0, 0.05) is 4.88 Å². The normalized spacial score (nSPS) is 11.6. The Labute approximate surface area is 123 Å². The first-order chi connectivity index (χ1) is 9.29. The Morgan fingerprint density at radius 2 is 1.80 bits per heavy atom. The average molecular weight is 308 g/mol. The third kappa shape index (κ3) is 3.16. The smallest absolute Gasteiger partial charge is 0.188 e. The molecule has 20 heavy (non-hydrogen) atoms. The van der Waals surface area contributed by atoms with Crippen molar-refractivity contribution in [2.45, 2.75) is 25.7 Å². The van der Waals surface area contributed by atoms with Crippen LogP contribution in [-0.4, -0.2) is 20.0 Å². The number of Topliss-reactive ketones (excluding diaryl/α,β-unsaturated/α-hetero) is 1. The minimum absolute atomic E-state index is 0.240. The molecule has 2 aromatic rings. The van der Waals surface area contributed by atoms with E-state index in [0.29, 0.717) is 10.4 Å². The first-order valence-electron chi connectivity index (χ1n) is 6.19. The lowest BCUT2D eigenvalue weighted by atomic mass is 10.2. The summed E-state index contributed by atoms with van der Waals surface area (Å²) in [6, 6.07) is 8.64. The van der Waals surface area contributed by atoms with Crippen molar-refractivity contribution in [1.82, 2.24) is 0 Å². The van der Waals surface area contributed by atoms with Crippen LogP contribution in [-0.2, 0) is 9.84 Å². The fourth-order valence-corrected chi connectivity index (χ4v) is 4.43. The molecule has 0 saturated carbocycles. The van der Waals surface area contributed by atoms with Crippen molar-refractivity contribution >= 4 is 27.0 Å². The Kier molecular flexibility index (Phi) is 4.11.